The lowest BCUT2D eigenvalue weighted by Gasteiger charge is -2.29. The van der Waals surface area contributed by atoms with Gasteiger partial charge in [0.2, 0.25) is 15.7 Å². The maximum absolute atomic E-state index is 13.7. The molecule has 0 amide bonds. The smallest absolute Gasteiger partial charge is 0.306 e. The summed E-state index contributed by atoms with van der Waals surface area (Å²) < 4.78 is 94.8. The van der Waals surface area contributed by atoms with Crippen molar-refractivity contribution in [1.82, 2.24) is 4.31 Å². The fraction of sp³-hybridized carbons (Fsp3) is 0.463. The molecule has 3 aliphatic rings. The van der Waals surface area contributed by atoms with Gasteiger partial charge in [0.05, 0.1) is 27.7 Å². The normalized spacial score (nSPS) is 19.8. The average Bonchev–Trinajstić information content (AvgIpc) is 3.48. The molecule has 3 N–H and O–H groups in total. The van der Waals surface area contributed by atoms with Gasteiger partial charge in [0, 0.05) is 60.6 Å². The third-order valence-corrected chi connectivity index (χ3v) is 14.6. The molecule has 16 heteroatoms. The van der Waals surface area contributed by atoms with Gasteiger partial charge in [-0.3, -0.25) is 13.9 Å². The lowest BCUT2D eigenvalue weighted by Crippen LogP contribution is -2.40. The number of carboxylic acids is 1. The molecule has 2 aromatic rings. The molecule has 3 heterocycles. The van der Waals surface area contributed by atoms with Crippen LogP contribution in [0.3, 0.4) is 0 Å². The summed E-state index contributed by atoms with van der Waals surface area (Å²) in [6.07, 6.45) is 15.7. The highest BCUT2D eigenvalue weighted by molar-refractivity contribution is 7.89. The summed E-state index contributed by atoms with van der Waals surface area (Å²) in [5, 5.41) is 9.38. The van der Waals surface area contributed by atoms with E-state index in [-0.39, 0.29) is 54.2 Å². The summed E-state index contributed by atoms with van der Waals surface area (Å²) >= 11 is 0. The molecule has 0 unspecified atom stereocenters. The van der Waals surface area contributed by atoms with Crippen LogP contribution in [0.2, 0.25) is 0 Å². The van der Waals surface area contributed by atoms with Gasteiger partial charge in [-0.1, -0.05) is 62.4 Å². The van der Waals surface area contributed by atoms with E-state index in [4.69, 9.17) is 0 Å². The van der Waals surface area contributed by atoms with Crippen molar-refractivity contribution in [3.63, 3.8) is 0 Å². The van der Waals surface area contributed by atoms with Crippen LogP contribution in [0, 0.1) is 5.92 Å². The van der Waals surface area contributed by atoms with E-state index in [1.165, 1.54) is 9.87 Å². The molecule has 1 fully saturated rings. The van der Waals surface area contributed by atoms with Crippen molar-refractivity contribution in [2.45, 2.75) is 81.9 Å². The van der Waals surface area contributed by atoms with Crippen LogP contribution in [-0.2, 0) is 45.9 Å². The number of carbonyl (C=O) groups is 1. The molecule has 0 bridgehead atoms. The van der Waals surface area contributed by atoms with E-state index >= 15 is 0 Å². The van der Waals surface area contributed by atoms with Gasteiger partial charge >= 0.3 is 5.97 Å². The SMILES string of the molecule is CC1(C)C(/C=C/C=C/C=C/C=C2/N(CCCCS(=O)(=O)O)c3ccc(S(=O)(=O)N4CCC(C(=O)O)CC4)cc3C2(C)C)=[N+](CCCCS(=O)(=O)O)c2ccccc21. The van der Waals surface area contributed by atoms with Gasteiger partial charge in [0.15, 0.2) is 5.71 Å². The van der Waals surface area contributed by atoms with E-state index in [0.717, 1.165) is 28.3 Å². The monoisotopic (exact) mass is 844 g/mol. The highest BCUT2D eigenvalue weighted by Gasteiger charge is 2.44. The summed E-state index contributed by atoms with van der Waals surface area (Å²) in [5.41, 5.74) is 4.83. The lowest BCUT2D eigenvalue weighted by atomic mass is 9.81. The van der Waals surface area contributed by atoms with Gasteiger partial charge in [-0.15, -0.1) is 0 Å². The first-order chi connectivity index (χ1) is 26.6. The molecule has 0 spiro atoms. The van der Waals surface area contributed by atoms with Crippen molar-refractivity contribution in [3.8, 4) is 0 Å². The van der Waals surface area contributed by atoms with Gasteiger partial charge in [0.1, 0.15) is 6.54 Å². The number of sulfonamides is 1. The number of carboxylic acid groups (broad SMARTS) is 1. The number of rotatable bonds is 17. The molecular weight excluding hydrogens is 791 g/mol. The van der Waals surface area contributed by atoms with E-state index in [0.29, 0.717) is 32.4 Å². The van der Waals surface area contributed by atoms with Gasteiger partial charge in [-0.2, -0.15) is 25.7 Å². The minimum atomic E-state index is -4.12. The minimum Gasteiger partial charge on any atom is -0.481 e. The Kier molecular flexibility index (Phi) is 13.6. The number of benzene rings is 2. The first-order valence-corrected chi connectivity index (χ1v) is 23.8. The first-order valence-electron chi connectivity index (χ1n) is 19.2. The number of nitrogens with zero attached hydrogens (tertiary/aromatic N) is 3. The van der Waals surface area contributed by atoms with Crippen LogP contribution in [0.4, 0.5) is 11.4 Å². The van der Waals surface area contributed by atoms with Gasteiger partial charge < -0.3 is 10.0 Å². The molecule has 0 aliphatic carbocycles. The number of piperidine rings is 1. The van der Waals surface area contributed by atoms with Crippen molar-refractivity contribution >= 4 is 53.3 Å². The molecule has 0 aromatic heterocycles. The number of aliphatic carboxylic acids is 1. The number of hydrogen-bond acceptors (Lipinski definition) is 8. The van der Waals surface area contributed by atoms with Crippen LogP contribution in [0.15, 0.2) is 95.6 Å². The van der Waals surface area contributed by atoms with Crippen molar-refractivity contribution in [2.24, 2.45) is 5.92 Å². The van der Waals surface area contributed by atoms with E-state index in [9.17, 15) is 44.3 Å². The van der Waals surface area contributed by atoms with Crippen LogP contribution >= 0.6 is 0 Å². The van der Waals surface area contributed by atoms with Crippen LogP contribution in [-0.4, -0.2) is 97.7 Å². The molecule has 3 aliphatic heterocycles. The third kappa shape index (κ3) is 10.4. The molecule has 1 saturated heterocycles. The minimum absolute atomic E-state index is 0.126. The second kappa shape index (κ2) is 17.5. The molecular formula is C41H54N3O10S3+. The molecule has 5 rings (SSSR count). The highest BCUT2D eigenvalue weighted by atomic mass is 32.2. The van der Waals surface area contributed by atoms with Crippen molar-refractivity contribution in [2.75, 3.05) is 42.6 Å². The standard InChI is InChI=1S/C41H53N3O10S3/c1-40(2)33-16-10-11-17-35(33)43(24-12-14-28-55(47,48)49)37(40)18-8-6-5-7-9-19-38-41(3,4)34-30-32(57(53,54)42-26-22-31(23-27-42)39(45)46)20-21-36(34)44(38)25-13-15-29-56(50,51)52/h5-11,16-21,30-31H,12-15,22-29H2,1-4H3,(H2-,45,46,47,48,49,50,51,52)/p+1. The molecule has 13 nitrogen and oxygen atoms in total. The van der Waals surface area contributed by atoms with E-state index in [1.54, 1.807) is 18.2 Å². The van der Waals surface area contributed by atoms with Crippen molar-refractivity contribution < 1.29 is 48.8 Å². The van der Waals surface area contributed by atoms with E-state index < -0.39 is 47.6 Å². The topological polar surface area (TPSA) is 190 Å². The summed E-state index contributed by atoms with van der Waals surface area (Å²) in [4.78, 5) is 13.6. The van der Waals surface area contributed by atoms with Crippen LogP contribution < -0.4 is 4.90 Å². The van der Waals surface area contributed by atoms with Crippen LogP contribution in [0.1, 0.15) is 77.3 Å². The van der Waals surface area contributed by atoms with E-state index in [2.05, 4.69) is 41.5 Å². The third-order valence-electron chi connectivity index (χ3n) is 11.1. The number of anilines is 1. The molecule has 57 heavy (non-hydrogen) atoms. The number of hydrogen-bond donors (Lipinski definition) is 3. The average molecular weight is 845 g/mol. The Morgan fingerprint density at radius 3 is 2.05 bits per heavy atom. The Balaban J connectivity index is 1.37. The Morgan fingerprint density at radius 2 is 1.40 bits per heavy atom. The number of allylic oxidation sites excluding steroid dienone is 8. The first kappa shape index (κ1) is 44.2. The molecule has 310 valence electrons. The van der Waals surface area contributed by atoms with Gasteiger partial charge in [-0.25, -0.2) is 8.42 Å². The van der Waals surface area contributed by atoms with Gasteiger partial charge in [0.25, 0.3) is 20.2 Å². The maximum Gasteiger partial charge on any atom is 0.306 e. The largest absolute Gasteiger partial charge is 0.481 e. The zero-order chi connectivity index (χ0) is 41.8. The summed E-state index contributed by atoms with van der Waals surface area (Å²) in [6, 6.07) is 13.2. The number of fused-ring (bicyclic) bond motifs is 2. The molecule has 0 saturated carbocycles. The van der Waals surface area contributed by atoms with Crippen LogP contribution in [0.25, 0.3) is 0 Å². The second-order valence-corrected chi connectivity index (χ2v) is 20.9. The maximum atomic E-state index is 13.7. The fourth-order valence-electron chi connectivity index (χ4n) is 8.02. The highest BCUT2D eigenvalue weighted by Crippen LogP contribution is 2.49. The van der Waals surface area contributed by atoms with Gasteiger partial charge in [-0.05, 0) is 75.8 Å². The molecule has 2 aromatic carbocycles. The van der Waals surface area contributed by atoms with Crippen molar-refractivity contribution in [3.05, 3.63) is 102 Å². The summed E-state index contributed by atoms with van der Waals surface area (Å²) in [5.74, 6) is -2.13. The number of para-hydroxylation sites is 1. The molecule has 0 radical (unpaired) electrons. The Labute approximate surface area is 337 Å². The quantitative estimate of drug-likeness (QED) is 0.0708. The Hall–Kier alpha value is -3.93. The fourth-order valence-corrected chi connectivity index (χ4v) is 10.7. The molecule has 0 atom stereocenters. The summed E-state index contributed by atoms with van der Waals surface area (Å²) in [7, 11) is -12.0. The zero-order valence-corrected chi connectivity index (χ0v) is 35.4. The lowest BCUT2D eigenvalue weighted by molar-refractivity contribution is -0.438. The Bertz CT molecular complexity index is 2330. The van der Waals surface area contributed by atoms with Crippen LogP contribution in [0.5, 0.6) is 0 Å². The Morgan fingerprint density at radius 1 is 0.789 bits per heavy atom. The zero-order valence-electron chi connectivity index (χ0n) is 32.9. The second-order valence-electron chi connectivity index (χ2n) is 15.8. The predicted molar refractivity (Wildman–Crippen MR) is 222 cm³/mol. The number of unbranched alkanes of at least 4 members (excludes halogenated alkanes) is 2. The van der Waals surface area contributed by atoms with Crippen molar-refractivity contribution in [1.29, 1.82) is 0 Å². The predicted octanol–water partition coefficient (Wildman–Crippen LogP) is 6.23. The van der Waals surface area contributed by atoms with E-state index in [1.807, 2.05) is 62.4 Å². The summed E-state index contributed by atoms with van der Waals surface area (Å²) in [6.45, 7) is 9.59.